The molecule has 1 fully saturated rings. The topological polar surface area (TPSA) is 90.9 Å². The summed E-state index contributed by atoms with van der Waals surface area (Å²) in [5, 5.41) is 15.4. The summed E-state index contributed by atoms with van der Waals surface area (Å²) < 4.78 is 6.38. The molecule has 0 spiro atoms. The number of nitrogens with zero attached hydrogens (tertiary/aromatic N) is 1. The Balaban J connectivity index is 1.92. The minimum atomic E-state index is -0.550. The molecule has 1 saturated heterocycles. The van der Waals surface area contributed by atoms with Gasteiger partial charge in [-0.15, -0.1) is 0 Å². The van der Waals surface area contributed by atoms with Crippen molar-refractivity contribution in [3.05, 3.63) is 22.7 Å². The standard InChI is InChI=1S/C20H32BrN3O4/c1-20(2,3)28-19(27)24-10-4-6-15(24)13-18(26)23-17-12-14(21)7-8-16(17)22-9-5-11-25/h7-8,12,15-17,22,25H,4-6,9-11,13H2,1-3H3,(H,23,26). The van der Waals surface area contributed by atoms with Crippen molar-refractivity contribution in [2.45, 2.75) is 70.2 Å². The van der Waals surface area contributed by atoms with Gasteiger partial charge in [0, 0.05) is 36.1 Å². The average molecular weight is 458 g/mol. The molecule has 3 unspecified atom stereocenters. The Hall–Kier alpha value is -1.38. The zero-order chi connectivity index (χ0) is 20.7. The number of rotatable bonds is 7. The van der Waals surface area contributed by atoms with Crippen LogP contribution in [-0.4, -0.2) is 65.4 Å². The van der Waals surface area contributed by atoms with Crippen LogP contribution in [0.5, 0.6) is 0 Å². The Kier molecular flexibility index (Phi) is 8.52. The Morgan fingerprint density at radius 1 is 1.36 bits per heavy atom. The highest BCUT2D eigenvalue weighted by molar-refractivity contribution is 9.11. The molecule has 0 aromatic heterocycles. The average Bonchev–Trinajstić information content (AvgIpc) is 3.03. The number of amides is 2. The van der Waals surface area contributed by atoms with Crippen LogP contribution in [0.2, 0.25) is 0 Å². The molecule has 0 radical (unpaired) electrons. The number of halogens is 1. The first-order chi connectivity index (χ1) is 13.2. The number of aliphatic hydroxyl groups is 1. The minimum Gasteiger partial charge on any atom is -0.444 e. The molecule has 1 heterocycles. The summed E-state index contributed by atoms with van der Waals surface area (Å²) in [6, 6.07) is -0.369. The fourth-order valence-corrected chi connectivity index (χ4v) is 3.83. The molecule has 2 aliphatic rings. The number of likely N-dealkylation sites (tertiary alicyclic amines) is 1. The molecule has 2 amide bonds. The summed E-state index contributed by atoms with van der Waals surface area (Å²) in [7, 11) is 0. The lowest BCUT2D eigenvalue weighted by Crippen LogP contribution is -2.50. The van der Waals surface area contributed by atoms with Crippen LogP contribution in [0.25, 0.3) is 0 Å². The van der Waals surface area contributed by atoms with Crippen LogP contribution in [0, 0.1) is 0 Å². The normalized spacial score (nSPS) is 24.8. The van der Waals surface area contributed by atoms with Crippen molar-refractivity contribution in [1.82, 2.24) is 15.5 Å². The van der Waals surface area contributed by atoms with E-state index in [0.29, 0.717) is 19.5 Å². The van der Waals surface area contributed by atoms with E-state index < -0.39 is 5.60 Å². The van der Waals surface area contributed by atoms with Gasteiger partial charge in [-0.1, -0.05) is 28.1 Å². The molecule has 8 heteroatoms. The van der Waals surface area contributed by atoms with Gasteiger partial charge < -0.3 is 25.4 Å². The van der Waals surface area contributed by atoms with E-state index >= 15 is 0 Å². The second-order valence-corrected chi connectivity index (χ2v) is 9.15. The van der Waals surface area contributed by atoms with Crippen LogP contribution in [0.15, 0.2) is 22.7 Å². The smallest absolute Gasteiger partial charge is 0.410 e. The summed E-state index contributed by atoms with van der Waals surface area (Å²) >= 11 is 3.46. The molecule has 0 saturated carbocycles. The van der Waals surface area contributed by atoms with Gasteiger partial charge in [-0.25, -0.2) is 4.79 Å². The quantitative estimate of drug-likeness (QED) is 0.510. The molecule has 0 bridgehead atoms. The lowest BCUT2D eigenvalue weighted by molar-refractivity contribution is -0.122. The van der Waals surface area contributed by atoms with Crippen LogP contribution in [0.4, 0.5) is 4.79 Å². The van der Waals surface area contributed by atoms with Gasteiger partial charge in [-0.2, -0.15) is 0 Å². The van der Waals surface area contributed by atoms with Crippen LogP contribution in [0.3, 0.4) is 0 Å². The van der Waals surface area contributed by atoms with Crippen LogP contribution in [0.1, 0.15) is 46.5 Å². The van der Waals surface area contributed by atoms with E-state index in [9.17, 15) is 9.59 Å². The molecular formula is C20H32BrN3O4. The second-order valence-electron chi connectivity index (χ2n) is 8.23. The van der Waals surface area contributed by atoms with E-state index in [1.165, 1.54) is 0 Å². The van der Waals surface area contributed by atoms with Gasteiger partial charge in [0.1, 0.15) is 5.60 Å². The largest absolute Gasteiger partial charge is 0.444 e. The Labute approximate surface area is 175 Å². The number of allylic oxidation sites excluding steroid dienone is 2. The first-order valence-corrected chi connectivity index (χ1v) is 10.7. The molecule has 158 valence electrons. The van der Waals surface area contributed by atoms with E-state index in [1.54, 1.807) is 4.90 Å². The van der Waals surface area contributed by atoms with Crippen molar-refractivity contribution in [2.24, 2.45) is 0 Å². The van der Waals surface area contributed by atoms with Crippen molar-refractivity contribution >= 4 is 27.9 Å². The van der Waals surface area contributed by atoms with Crippen LogP contribution in [-0.2, 0) is 9.53 Å². The maximum Gasteiger partial charge on any atom is 0.410 e. The minimum absolute atomic E-state index is 0.0395. The van der Waals surface area contributed by atoms with Crippen molar-refractivity contribution in [3.63, 3.8) is 0 Å². The van der Waals surface area contributed by atoms with Gasteiger partial charge in [0.15, 0.2) is 0 Å². The highest BCUT2D eigenvalue weighted by atomic mass is 79.9. The third-order valence-electron chi connectivity index (χ3n) is 4.66. The number of ether oxygens (including phenoxy) is 1. The number of carbonyl (C=O) groups excluding carboxylic acids is 2. The van der Waals surface area contributed by atoms with Crippen LogP contribution < -0.4 is 10.6 Å². The molecule has 7 nitrogen and oxygen atoms in total. The summed E-state index contributed by atoms with van der Waals surface area (Å²) in [5.74, 6) is -0.0914. The molecule has 0 aromatic rings. The molecule has 3 N–H and O–H groups in total. The fourth-order valence-electron chi connectivity index (χ4n) is 3.39. The van der Waals surface area contributed by atoms with E-state index in [4.69, 9.17) is 9.84 Å². The number of nitrogens with one attached hydrogen (secondary N) is 2. The van der Waals surface area contributed by atoms with Gasteiger partial charge in [0.05, 0.1) is 6.04 Å². The summed E-state index contributed by atoms with van der Waals surface area (Å²) in [6.07, 6.45) is 8.13. The molecule has 3 atom stereocenters. The first kappa shape index (κ1) is 22.9. The lowest BCUT2D eigenvalue weighted by Gasteiger charge is -2.30. The predicted octanol–water partition coefficient (Wildman–Crippen LogP) is 2.45. The first-order valence-electron chi connectivity index (χ1n) is 9.88. The molecule has 2 rings (SSSR count). The van der Waals surface area contributed by atoms with Crippen molar-refractivity contribution in [2.75, 3.05) is 19.7 Å². The molecular weight excluding hydrogens is 426 g/mol. The van der Waals surface area contributed by atoms with Gasteiger partial charge in [-0.3, -0.25) is 4.79 Å². The van der Waals surface area contributed by atoms with E-state index in [1.807, 2.05) is 39.0 Å². The Morgan fingerprint density at radius 2 is 2.11 bits per heavy atom. The molecule has 0 aromatic carbocycles. The third kappa shape index (κ3) is 7.22. The van der Waals surface area contributed by atoms with Gasteiger partial charge in [-0.05, 0) is 52.7 Å². The fraction of sp³-hybridized carbons (Fsp3) is 0.700. The highest BCUT2D eigenvalue weighted by Gasteiger charge is 2.34. The predicted molar refractivity (Wildman–Crippen MR) is 112 cm³/mol. The zero-order valence-corrected chi connectivity index (χ0v) is 18.5. The van der Waals surface area contributed by atoms with Crippen LogP contribution >= 0.6 is 15.9 Å². The van der Waals surface area contributed by atoms with E-state index in [0.717, 1.165) is 17.3 Å². The maximum absolute atomic E-state index is 12.7. The molecule has 1 aliphatic carbocycles. The lowest BCUT2D eigenvalue weighted by atomic mass is 10.0. The zero-order valence-electron chi connectivity index (χ0n) is 16.9. The van der Waals surface area contributed by atoms with Crippen molar-refractivity contribution < 1.29 is 19.4 Å². The van der Waals surface area contributed by atoms with Crippen molar-refractivity contribution in [3.8, 4) is 0 Å². The molecule has 1 aliphatic heterocycles. The monoisotopic (exact) mass is 457 g/mol. The number of aliphatic hydroxyl groups excluding tert-OH is 1. The number of carbonyl (C=O) groups is 2. The van der Waals surface area contributed by atoms with Crippen molar-refractivity contribution in [1.29, 1.82) is 0 Å². The summed E-state index contributed by atoms with van der Waals surface area (Å²) in [4.78, 5) is 26.8. The van der Waals surface area contributed by atoms with Gasteiger partial charge in [0.2, 0.25) is 5.91 Å². The van der Waals surface area contributed by atoms with Gasteiger partial charge >= 0.3 is 6.09 Å². The summed E-state index contributed by atoms with van der Waals surface area (Å²) in [6.45, 7) is 6.94. The van der Waals surface area contributed by atoms with E-state index in [-0.39, 0.29) is 43.2 Å². The maximum atomic E-state index is 12.7. The SMILES string of the molecule is CC(C)(C)OC(=O)N1CCCC1CC(=O)NC1C=C(Br)C=CC1NCCCO. The highest BCUT2D eigenvalue weighted by Crippen LogP contribution is 2.23. The number of hydrogen-bond acceptors (Lipinski definition) is 5. The summed E-state index contributed by atoms with van der Waals surface area (Å²) in [5.41, 5.74) is -0.550. The van der Waals surface area contributed by atoms with E-state index in [2.05, 4.69) is 26.6 Å². The Morgan fingerprint density at radius 3 is 2.79 bits per heavy atom. The number of hydrogen-bond donors (Lipinski definition) is 3. The Bertz CT molecular complexity index is 615. The molecule has 28 heavy (non-hydrogen) atoms. The van der Waals surface area contributed by atoms with Gasteiger partial charge in [0.25, 0.3) is 0 Å². The second kappa shape index (κ2) is 10.4. The third-order valence-corrected chi connectivity index (χ3v) is 5.19.